The van der Waals surface area contributed by atoms with Gasteiger partial charge in [-0.3, -0.25) is 9.89 Å². The number of hydrogen-bond acceptors (Lipinski definition) is 6. The van der Waals surface area contributed by atoms with Gasteiger partial charge in [-0.15, -0.1) is 0 Å². The van der Waals surface area contributed by atoms with Crippen molar-refractivity contribution in [1.29, 1.82) is 0 Å². The summed E-state index contributed by atoms with van der Waals surface area (Å²) in [5.74, 6) is 2.64. The van der Waals surface area contributed by atoms with Crippen LogP contribution in [0, 0.1) is 0 Å². The molecule has 1 fully saturated rings. The van der Waals surface area contributed by atoms with Crippen molar-refractivity contribution in [2.45, 2.75) is 13.5 Å². The third kappa shape index (κ3) is 6.06. The molecule has 0 saturated carbocycles. The van der Waals surface area contributed by atoms with Crippen LogP contribution < -0.4 is 15.0 Å². The van der Waals surface area contributed by atoms with Crippen molar-refractivity contribution in [3.8, 4) is 5.75 Å². The van der Waals surface area contributed by atoms with Gasteiger partial charge in [0, 0.05) is 70.8 Å². The molecule has 2 heterocycles. The SMILES string of the molecule is CCNC(=NCCN1CCN(c2ncccn2)CC1)N(C)Cc1ccccc1OC. The number of anilines is 1. The number of benzene rings is 1. The number of aromatic nitrogens is 2. The molecule has 0 aliphatic carbocycles. The molecule has 3 rings (SSSR count). The van der Waals surface area contributed by atoms with Gasteiger partial charge in [0.15, 0.2) is 5.96 Å². The number of guanidine groups is 1. The predicted molar refractivity (Wildman–Crippen MR) is 121 cm³/mol. The molecule has 2 aromatic rings. The average Bonchev–Trinajstić information content (AvgIpc) is 2.80. The number of aliphatic imine (C=N–C) groups is 1. The minimum Gasteiger partial charge on any atom is -0.496 e. The molecule has 0 bridgehead atoms. The van der Waals surface area contributed by atoms with Crippen molar-refractivity contribution >= 4 is 11.9 Å². The molecule has 0 spiro atoms. The summed E-state index contributed by atoms with van der Waals surface area (Å²) in [6.07, 6.45) is 3.60. The molecule has 0 radical (unpaired) electrons. The molecule has 1 aliphatic rings. The number of para-hydroxylation sites is 1. The van der Waals surface area contributed by atoms with Crippen LogP contribution in [0.4, 0.5) is 5.95 Å². The van der Waals surface area contributed by atoms with Crippen LogP contribution in [0.2, 0.25) is 0 Å². The molecule has 0 amide bonds. The lowest BCUT2D eigenvalue weighted by Crippen LogP contribution is -2.47. The molecular weight excluding hydrogens is 378 g/mol. The summed E-state index contributed by atoms with van der Waals surface area (Å²) in [5, 5.41) is 3.40. The fraction of sp³-hybridized carbons (Fsp3) is 0.500. The Bertz CT molecular complexity index is 791. The number of methoxy groups -OCH3 is 1. The van der Waals surface area contributed by atoms with Crippen LogP contribution in [0.1, 0.15) is 12.5 Å². The van der Waals surface area contributed by atoms with Crippen LogP contribution in [0.3, 0.4) is 0 Å². The van der Waals surface area contributed by atoms with Crippen LogP contribution in [-0.4, -0.2) is 85.7 Å². The number of nitrogens with one attached hydrogen (secondary N) is 1. The lowest BCUT2D eigenvalue weighted by molar-refractivity contribution is 0.263. The summed E-state index contributed by atoms with van der Waals surface area (Å²) < 4.78 is 5.48. The Morgan fingerprint density at radius 2 is 1.87 bits per heavy atom. The van der Waals surface area contributed by atoms with Crippen LogP contribution in [-0.2, 0) is 6.54 Å². The molecule has 1 aliphatic heterocycles. The zero-order chi connectivity index (χ0) is 21.2. The molecule has 162 valence electrons. The van der Waals surface area contributed by atoms with E-state index in [0.29, 0.717) is 0 Å². The maximum absolute atomic E-state index is 5.48. The van der Waals surface area contributed by atoms with E-state index in [0.717, 1.165) is 75.6 Å². The average molecular weight is 412 g/mol. The molecule has 30 heavy (non-hydrogen) atoms. The number of hydrogen-bond donors (Lipinski definition) is 1. The lowest BCUT2D eigenvalue weighted by atomic mass is 10.2. The fourth-order valence-electron chi connectivity index (χ4n) is 3.56. The monoisotopic (exact) mass is 411 g/mol. The van der Waals surface area contributed by atoms with E-state index in [4.69, 9.17) is 9.73 Å². The molecule has 0 unspecified atom stereocenters. The van der Waals surface area contributed by atoms with Gasteiger partial charge in [-0.25, -0.2) is 9.97 Å². The van der Waals surface area contributed by atoms with E-state index in [1.54, 1.807) is 19.5 Å². The Morgan fingerprint density at radius 1 is 1.13 bits per heavy atom. The van der Waals surface area contributed by atoms with Crippen molar-refractivity contribution in [2.24, 2.45) is 4.99 Å². The van der Waals surface area contributed by atoms with Gasteiger partial charge in [0.1, 0.15) is 5.75 Å². The molecule has 8 nitrogen and oxygen atoms in total. The Labute approximate surface area is 179 Å². The minimum absolute atomic E-state index is 0.742. The van der Waals surface area contributed by atoms with Gasteiger partial charge < -0.3 is 19.9 Å². The van der Waals surface area contributed by atoms with Gasteiger partial charge in [-0.2, -0.15) is 0 Å². The van der Waals surface area contributed by atoms with Crippen LogP contribution >= 0.6 is 0 Å². The van der Waals surface area contributed by atoms with Gasteiger partial charge >= 0.3 is 0 Å². The predicted octanol–water partition coefficient (Wildman–Crippen LogP) is 1.70. The van der Waals surface area contributed by atoms with Gasteiger partial charge in [-0.05, 0) is 19.1 Å². The molecule has 0 atom stereocenters. The first-order chi connectivity index (χ1) is 14.7. The molecule has 1 N–H and O–H groups in total. The van der Waals surface area contributed by atoms with E-state index in [2.05, 4.69) is 50.0 Å². The molecule has 1 aromatic heterocycles. The zero-order valence-corrected chi connectivity index (χ0v) is 18.3. The van der Waals surface area contributed by atoms with Gasteiger partial charge in [0.25, 0.3) is 0 Å². The molecular formula is C22H33N7O. The third-order valence-corrected chi connectivity index (χ3v) is 5.18. The maximum Gasteiger partial charge on any atom is 0.225 e. The highest BCUT2D eigenvalue weighted by atomic mass is 16.5. The summed E-state index contributed by atoms with van der Waals surface area (Å²) in [6.45, 7) is 9.28. The lowest BCUT2D eigenvalue weighted by Gasteiger charge is -2.34. The minimum atomic E-state index is 0.742. The largest absolute Gasteiger partial charge is 0.496 e. The van der Waals surface area contributed by atoms with E-state index in [9.17, 15) is 0 Å². The standard InChI is InChI=1S/C22H33N7O/c1-4-23-21(27(2)18-19-8-5-6-9-20(19)30-3)26-12-13-28-14-16-29(17-15-28)22-24-10-7-11-25-22/h5-11H,4,12-18H2,1-3H3,(H,23,26). The van der Waals surface area contributed by atoms with E-state index >= 15 is 0 Å². The normalized spacial score (nSPS) is 15.2. The van der Waals surface area contributed by atoms with Crippen molar-refractivity contribution in [3.05, 3.63) is 48.3 Å². The van der Waals surface area contributed by atoms with Crippen LogP contribution in [0.15, 0.2) is 47.7 Å². The Balaban J connectivity index is 1.50. The number of rotatable bonds is 8. The van der Waals surface area contributed by atoms with Crippen molar-refractivity contribution in [1.82, 2.24) is 25.1 Å². The second kappa shape index (κ2) is 11.3. The Kier molecular flexibility index (Phi) is 8.26. The van der Waals surface area contributed by atoms with E-state index in [-0.39, 0.29) is 0 Å². The van der Waals surface area contributed by atoms with Crippen LogP contribution in [0.5, 0.6) is 5.75 Å². The molecule has 1 saturated heterocycles. The number of ether oxygens (including phenoxy) is 1. The number of piperazine rings is 1. The second-order valence-electron chi connectivity index (χ2n) is 7.28. The second-order valence-corrected chi connectivity index (χ2v) is 7.28. The summed E-state index contributed by atoms with van der Waals surface area (Å²) in [4.78, 5) is 20.4. The van der Waals surface area contributed by atoms with Crippen molar-refractivity contribution in [2.75, 3.05) is 64.9 Å². The van der Waals surface area contributed by atoms with Gasteiger partial charge in [-0.1, -0.05) is 18.2 Å². The van der Waals surface area contributed by atoms with E-state index in [1.165, 1.54) is 0 Å². The van der Waals surface area contributed by atoms with Crippen molar-refractivity contribution < 1.29 is 4.74 Å². The first kappa shape index (κ1) is 21.8. The summed E-state index contributed by atoms with van der Waals surface area (Å²) in [7, 11) is 3.77. The van der Waals surface area contributed by atoms with Crippen LogP contribution in [0.25, 0.3) is 0 Å². The van der Waals surface area contributed by atoms with Gasteiger partial charge in [0.2, 0.25) is 5.95 Å². The highest BCUT2D eigenvalue weighted by Crippen LogP contribution is 2.18. The van der Waals surface area contributed by atoms with E-state index in [1.807, 2.05) is 24.3 Å². The molecule has 1 aromatic carbocycles. The highest BCUT2D eigenvalue weighted by molar-refractivity contribution is 5.79. The Morgan fingerprint density at radius 3 is 2.57 bits per heavy atom. The fourth-order valence-corrected chi connectivity index (χ4v) is 3.56. The zero-order valence-electron chi connectivity index (χ0n) is 18.3. The Hall–Kier alpha value is -2.87. The van der Waals surface area contributed by atoms with Crippen molar-refractivity contribution in [3.63, 3.8) is 0 Å². The first-order valence-corrected chi connectivity index (χ1v) is 10.6. The third-order valence-electron chi connectivity index (χ3n) is 5.18. The first-order valence-electron chi connectivity index (χ1n) is 10.6. The molecule has 8 heteroatoms. The summed E-state index contributed by atoms with van der Waals surface area (Å²) >= 11 is 0. The topological polar surface area (TPSA) is 69.1 Å². The summed E-state index contributed by atoms with van der Waals surface area (Å²) in [6, 6.07) is 9.97. The summed E-state index contributed by atoms with van der Waals surface area (Å²) in [5.41, 5.74) is 1.15. The maximum atomic E-state index is 5.48. The quantitative estimate of drug-likeness (QED) is 0.524. The highest BCUT2D eigenvalue weighted by Gasteiger charge is 2.18. The van der Waals surface area contributed by atoms with Gasteiger partial charge in [0.05, 0.1) is 13.7 Å². The van der Waals surface area contributed by atoms with E-state index < -0.39 is 0 Å². The smallest absolute Gasteiger partial charge is 0.225 e. The number of nitrogens with zero attached hydrogens (tertiary/aromatic N) is 6.